The van der Waals surface area contributed by atoms with Gasteiger partial charge in [0.2, 0.25) is 5.78 Å². The van der Waals surface area contributed by atoms with Crippen LogP contribution in [0.5, 0.6) is 17.2 Å². The van der Waals surface area contributed by atoms with Gasteiger partial charge in [0.25, 0.3) is 5.91 Å². The third-order valence-electron chi connectivity index (χ3n) is 6.13. The maximum atomic E-state index is 13.7. The molecule has 1 fully saturated rings. The second kappa shape index (κ2) is 11.5. The Balaban J connectivity index is 2.09. The molecule has 0 spiro atoms. The van der Waals surface area contributed by atoms with Gasteiger partial charge in [-0.1, -0.05) is 31.7 Å². The molecule has 2 N–H and O–H groups in total. The molecule has 0 bridgehead atoms. The van der Waals surface area contributed by atoms with Crippen molar-refractivity contribution in [2.75, 3.05) is 40.9 Å². The molecule has 1 amide bonds. The molecule has 3 rings (SSSR count). The van der Waals surface area contributed by atoms with E-state index in [1.165, 1.54) is 23.0 Å². The van der Waals surface area contributed by atoms with E-state index in [1.807, 2.05) is 21.0 Å². The van der Waals surface area contributed by atoms with E-state index >= 15 is 0 Å². The van der Waals surface area contributed by atoms with Gasteiger partial charge in [-0.15, -0.1) is 0 Å². The van der Waals surface area contributed by atoms with E-state index in [4.69, 9.17) is 9.47 Å². The van der Waals surface area contributed by atoms with Crippen molar-refractivity contribution in [1.82, 2.24) is 4.90 Å². The zero-order valence-electron chi connectivity index (χ0n) is 21.9. The highest BCUT2D eigenvalue weighted by molar-refractivity contribution is 6.46. The minimum Gasteiger partial charge on any atom is -0.872 e. The summed E-state index contributed by atoms with van der Waals surface area (Å²) in [7, 11) is 5.44. The van der Waals surface area contributed by atoms with Gasteiger partial charge in [-0.3, -0.25) is 9.59 Å². The number of hydrogen-bond acceptors (Lipinski definition) is 6. The summed E-state index contributed by atoms with van der Waals surface area (Å²) < 4.78 is 11.1. The molecule has 1 aliphatic heterocycles. The molecular formula is C28H36N2O6. The molecule has 2 aromatic carbocycles. The summed E-state index contributed by atoms with van der Waals surface area (Å²) >= 11 is 0. The van der Waals surface area contributed by atoms with Crippen LogP contribution in [0.4, 0.5) is 0 Å². The number of ketones is 1. The predicted octanol–water partition coefficient (Wildman–Crippen LogP) is 1.50. The van der Waals surface area contributed by atoms with Crippen molar-refractivity contribution < 1.29 is 34.2 Å². The van der Waals surface area contributed by atoms with Crippen LogP contribution in [0.2, 0.25) is 0 Å². The lowest BCUT2D eigenvalue weighted by atomic mass is 9.94. The molecule has 8 heteroatoms. The number of amides is 1. The number of aromatic hydroxyl groups is 1. The predicted molar refractivity (Wildman–Crippen MR) is 135 cm³/mol. The van der Waals surface area contributed by atoms with E-state index in [1.54, 1.807) is 30.3 Å². The normalized spacial score (nSPS) is 17.3. The highest BCUT2D eigenvalue weighted by Crippen LogP contribution is 2.41. The summed E-state index contributed by atoms with van der Waals surface area (Å²) in [5, 5.41) is 23.8. The van der Waals surface area contributed by atoms with Crippen molar-refractivity contribution in [2.24, 2.45) is 5.92 Å². The molecule has 0 aromatic heterocycles. The van der Waals surface area contributed by atoms with Gasteiger partial charge in [-0.05, 0) is 53.8 Å². The third-order valence-corrected chi connectivity index (χ3v) is 6.13. The first kappa shape index (κ1) is 27.1. The lowest BCUT2D eigenvalue weighted by Gasteiger charge is -2.28. The van der Waals surface area contributed by atoms with E-state index in [9.17, 15) is 19.8 Å². The fourth-order valence-corrected chi connectivity index (χ4v) is 4.28. The highest BCUT2D eigenvalue weighted by Gasteiger charge is 2.44. The van der Waals surface area contributed by atoms with Crippen LogP contribution < -0.4 is 19.5 Å². The van der Waals surface area contributed by atoms with Crippen LogP contribution in [0.3, 0.4) is 0 Å². The largest absolute Gasteiger partial charge is 0.872 e. The number of hydrogen-bond donors (Lipinski definition) is 2. The number of carbonyl (C=O) groups excluding carboxylic acids is 2. The van der Waals surface area contributed by atoms with Crippen molar-refractivity contribution >= 4 is 17.4 Å². The van der Waals surface area contributed by atoms with Crippen LogP contribution >= 0.6 is 0 Å². The number of phenols is 1. The number of ether oxygens (including phenoxy) is 2. The molecule has 1 aliphatic rings. The number of quaternary nitrogens is 1. The monoisotopic (exact) mass is 496 g/mol. The van der Waals surface area contributed by atoms with Gasteiger partial charge in [0.05, 0.1) is 40.4 Å². The van der Waals surface area contributed by atoms with Crippen LogP contribution in [-0.4, -0.2) is 62.6 Å². The molecule has 2 aromatic rings. The number of rotatable bonds is 10. The Kier molecular flexibility index (Phi) is 8.63. The van der Waals surface area contributed by atoms with Crippen molar-refractivity contribution in [1.29, 1.82) is 0 Å². The SMILES string of the molecule is COc1cc(C2C(=C([O-])c3ccc(OCC(C)C)c(C)c3)C(=O)C(=O)N2CCC[NH+](C)C)ccc1O. The van der Waals surface area contributed by atoms with E-state index < -0.39 is 23.5 Å². The first-order valence-corrected chi connectivity index (χ1v) is 12.2. The molecule has 0 radical (unpaired) electrons. The molecule has 1 unspecified atom stereocenters. The molecular weight excluding hydrogens is 460 g/mol. The number of likely N-dealkylation sites (tertiary alicyclic amines) is 1. The molecule has 194 valence electrons. The Hall–Kier alpha value is -3.52. The van der Waals surface area contributed by atoms with E-state index in [0.29, 0.717) is 42.4 Å². The lowest BCUT2D eigenvalue weighted by molar-refractivity contribution is -0.858. The number of aryl methyl sites for hydroxylation is 1. The standard InChI is InChI=1S/C28H36N2O6/c1-17(2)16-36-22-11-9-20(14-18(22)3)26(32)24-25(19-8-10-21(31)23(15-19)35-6)30(28(34)27(24)33)13-7-12-29(4)5/h8-11,14-15,17,25,31-32H,7,12-13,16H2,1-6H3. The third kappa shape index (κ3) is 5.82. The summed E-state index contributed by atoms with van der Waals surface area (Å²) in [5.74, 6) is -0.834. The quantitative estimate of drug-likeness (QED) is 0.294. The van der Waals surface area contributed by atoms with E-state index in [0.717, 1.165) is 12.1 Å². The van der Waals surface area contributed by atoms with Crippen molar-refractivity contribution in [2.45, 2.75) is 33.2 Å². The smallest absolute Gasteiger partial charge is 0.295 e. The van der Waals surface area contributed by atoms with Crippen molar-refractivity contribution in [3.8, 4) is 17.2 Å². The summed E-state index contributed by atoms with van der Waals surface area (Å²) in [6.45, 7) is 7.61. The molecule has 0 aliphatic carbocycles. The van der Waals surface area contributed by atoms with Crippen LogP contribution in [-0.2, 0) is 9.59 Å². The number of methoxy groups -OCH3 is 1. The summed E-state index contributed by atoms with van der Waals surface area (Å²) in [6.07, 6.45) is 0.662. The van der Waals surface area contributed by atoms with E-state index in [-0.39, 0.29) is 17.1 Å². The molecule has 1 saturated heterocycles. The fraction of sp³-hybridized carbons (Fsp3) is 0.429. The second-order valence-electron chi connectivity index (χ2n) is 9.90. The molecule has 0 saturated carbocycles. The average Bonchev–Trinajstić information content (AvgIpc) is 3.07. The average molecular weight is 497 g/mol. The maximum Gasteiger partial charge on any atom is 0.295 e. The molecule has 36 heavy (non-hydrogen) atoms. The van der Waals surface area contributed by atoms with Gasteiger partial charge in [0.15, 0.2) is 11.5 Å². The first-order chi connectivity index (χ1) is 17.0. The van der Waals surface area contributed by atoms with Crippen molar-refractivity contribution in [3.05, 3.63) is 58.7 Å². The van der Waals surface area contributed by atoms with Gasteiger partial charge in [-0.2, -0.15) is 0 Å². The Labute approximate surface area is 212 Å². The molecule has 8 nitrogen and oxygen atoms in total. The number of nitrogens with one attached hydrogen (secondary N) is 1. The minimum absolute atomic E-state index is 0.0693. The van der Waals surface area contributed by atoms with Gasteiger partial charge >= 0.3 is 0 Å². The Morgan fingerprint density at radius 2 is 1.86 bits per heavy atom. The topological polar surface area (TPSA) is 104 Å². The summed E-state index contributed by atoms with van der Waals surface area (Å²) in [4.78, 5) is 29.0. The highest BCUT2D eigenvalue weighted by atomic mass is 16.5. The van der Waals surface area contributed by atoms with Crippen LogP contribution in [0.25, 0.3) is 5.76 Å². The maximum absolute atomic E-state index is 13.7. The minimum atomic E-state index is -0.874. The number of carbonyl (C=O) groups is 2. The molecule has 1 atom stereocenters. The van der Waals surface area contributed by atoms with Crippen molar-refractivity contribution in [3.63, 3.8) is 0 Å². The van der Waals surface area contributed by atoms with Crippen LogP contribution in [0, 0.1) is 12.8 Å². The van der Waals surface area contributed by atoms with Gasteiger partial charge < -0.3 is 29.5 Å². The number of Topliss-reactive ketones (excluding diaryl/α,β-unsaturated/α-hetero) is 1. The van der Waals surface area contributed by atoms with Gasteiger partial charge in [0, 0.05) is 18.5 Å². The molecule has 1 heterocycles. The number of nitrogens with zero attached hydrogens (tertiary/aromatic N) is 1. The van der Waals surface area contributed by atoms with Crippen LogP contribution in [0.15, 0.2) is 42.0 Å². The zero-order chi connectivity index (χ0) is 26.6. The Morgan fingerprint density at radius 1 is 1.14 bits per heavy atom. The van der Waals surface area contributed by atoms with Gasteiger partial charge in [0.1, 0.15) is 5.75 Å². The number of benzene rings is 2. The lowest BCUT2D eigenvalue weighted by Crippen LogP contribution is -3.05. The first-order valence-electron chi connectivity index (χ1n) is 12.2. The Morgan fingerprint density at radius 3 is 2.47 bits per heavy atom. The fourth-order valence-electron chi connectivity index (χ4n) is 4.28. The summed E-state index contributed by atoms with van der Waals surface area (Å²) in [5.41, 5.74) is 1.52. The van der Waals surface area contributed by atoms with Gasteiger partial charge in [-0.25, -0.2) is 0 Å². The Bertz CT molecular complexity index is 1150. The van der Waals surface area contributed by atoms with Crippen LogP contribution in [0.1, 0.15) is 43.0 Å². The zero-order valence-corrected chi connectivity index (χ0v) is 21.9. The summed E-state index contributed by atoms with van der Waals surface area (Å²) in [6, 6.07) is 8.79. The van der Waals surface area contributed by atoms with E-state index in [2.05, 4.69) is 13.8 Å². The number of phenolic OH excluding ortho intramolecular Hbond substituents is 1. The second-order valence-corrected chi connectivity index (χ2v) is 9.90.